The zero-order valence-corrected chi connectivity index (χ0v) is 10.8. The first kappa shape index (κ1) is 12.1. The molecule has 1 nitrogen and oxygen atoms in total. The van der Waals surface area contributed by atoms with Crippen LogP contribution >= 0.6 is 0 Å². The number of nitrogens with zero attached hydrogens (tertiary/aromatic N) is 1. The van der Waals surface area contributed by atoms with Gasteiger partial charge in [0.2, 0.25) is 0 Å². The van der Waals surface area contributed by atoms with E-state index in [-0.39, 0.29) is 5.54 Å². The fourth-order valence-corrected chi connectivity index (χ4v) is 2.39. The van der Waals surface area contributed by atoms with Crippen LogP contribution in [0.2, 0.25) is 0 Å². The van der Waals surface area contributed by atoms with Crippen molar-refractivity contribution in [1.29, 1.82) is 0 Å². The maximum atomic E-state index is 4.98. The van der Waals surface area contributed by atoms with Gasteiger partial charge in [-0.25, -0.2) is 0 Å². The number of hydrogen-bond acceptors (Lipinski definition) is 1. The Balaban J connectivity index is 2.25. The lowest BCUT2D eigenvalue weighted by Crippen LogP contribution is -2.18. The summed E-state index contributed by atoms with van der Waals surface area (Å²) in [6.07, 6.45) is 9.01. The topological polar surface area (TPSA) is 12.4 Å². The van der Waals surface area contributed by atoms with Crippen molar-refractivity contribution < 1.29 is 0 Å². The number of allylic oxidation sites excluding steroid dienone is 1. The average molecular weight is 227 g/mol. The molecular weight excluding hydrogens is 206 g/mol. The molecule has 1 aromatic rings. The predicted molar refractivity (Wildman–Crippen MR) is 74.7 cm³/mol. The Morgan fingerprint density at radius 3 is 2.65 bits per heavy atom. The van der Waals surface area contributed by atoms with E-state index in [1.165, 1.54) is 11.3 Å². The van der Waals surface area contributed by atoms with Crippen LogP contribution in [0, 0.1) is 0 Å². The smallest absolute Gasteiger partial charge is 0.0792 e. The minimum Gasteiger partial charge on any atom is -0.278 e. The quantitative estimate of drug-likeness (QED) is 0.677. The first-order valence-corrected chi connectivity index (χ1v) is 6.61. The molecule has 0 spiro atoms. The Morgan fingerprint density at radius 1 is 1.24 bits per heavy atom. The number of benzene rings is 1. The molecule has 1 aliphatic rings. The largest absolute Gasteiger partial charge is 0.278 e. The normalized spacial score (nSPS) is 24.2. The van der Waals surface area contributed by atoms with Gasteiger partial charge in [0.15, 0.2) is 0 Å². The van der Waals surface area contributed by atoms with Gasteiger partial charge in [0.25, 0.3) is 0 Å². The molecule has 2 rings (SSSR count). The van der Waals surface area contributed by atoms with Crippen LogP contribution in [0.1, 0.15) is 45.1 Å². The molecule has 1 aliphatic heterocycles. The Hall–Kier alpha value is -1.37. The molecular formula is C16H21N. The van der Waals surface area contributed by atoms with Crippen LogP contribution in [-0.2, 0) is 0 Å². The van der Waals surface area contributed by atoms with Gasteiger partial charge in [-0.3, -0.25) is 4.99 Å². The highest BCUT2D eigenvalue weighted by Gasteiger charge is 2.30. The van der Waals surface area contributed by atoms with Gasteiger partial charge in [-0.2, -0.15) is 0 Å². The second-order valence-electron chi connectivity index (χ2n) is 4.69. The Bertz CT molecular complexity index is 416. The highest BCUT2D eigenvalue weighted by molar-refractivity contribution is 6.02. The van der Waals surface area contributed by atoms with Crippen LogP contribution in [0.5, 0.6) is 0 Å². The van der Waals surface area contributed by atoms with E-state index in [0.29, 0.717) is 0 Å². The standard InChI is InChI=1S/C16H21N/c1-3-5-12-16(4-2)13-11-15(17-16)14-9-7-6-8-10-14/h5-10,12H,3-4,11,13H2,1-2H3/b12-5+. The SMILES string of the molecule is CC/C=C/C1(CC)CCC(c2ccccc2)=N1. The molecule has 0 saturated carbocycles. The third-order valence-corrected chi connectivity index (χ3v) is 3.54. The monoisotopic (exact) mass is 227 g/mol. The van der Waals surface area contributed by atoms with Crippen LogP contribution in [0.15, 0.2) is 47.5 Å². The summed E-state index contributed by atoms with van der Waals surface area (Å²) in [5, 5.41) is 0. The van der Waals surface area contributed by atoms with Crippen molar-refractivity contribution in [1.82, 2.24) is 0 Å². The Morgan fingerprint density at radius 2 is 2.00 bits per heavy atom. The van der Waals surface area contributed by atoms with Crippen LogP contribution < -0.4 is 0 Å². The van der Waals surface area contributed by atoms with E-state index in [1.54, 1.807) is 0 Å². The zero-order chi connectivity index (χ0) is 12.1. The van der Waals surface area contributed by atoms with E-state index in [2.05, 4.69) is 56.3 Å². The van der Waals surface area contributed by atoms with Crippen LogP contribution in [0.4, 0.5) is 0 Å². The molecule has 1 heteroatoms. The van der Waals surface area contributed by atoms with Gasteiger partial charge in [-0.15, -0.1) is 0 Å². The summed E-state index contributed by atoms with van der Waals surface area (Å²) in [7, 11) is 0. The molecule has 1 heterocycles. The maximum absolute atomic E-state index is 4.98. The highest BCUT2D eigenvalue weighted by atomic mass is 14.9. The number of aliphatic imine (C=N–C) groups is 1. The maximum Gasteiger partial charge on any atom is 0.0792 e. The molecule has 0 aromatic heterocycles. The number of rotatable bonds is 4. The minimum absolute atomic E-state index is 0.0706. The van der Waals surface area contributed by atoms with E-state index in [0.717, 1.165) is 25.7 Å². The van der Waals surface area contributed by atoms with Crippen LogP contribution in [0.3, 0.4) is 0 Å². The molecule has 0 saturated heterocycles. The van der Waals surface area contributed by atoms with E-state index >= 15 is 0 Å². The molecule has 1 aromatic carbocycles. The molecule has 1 atom stereocenters. The van der Waals surface area contributed by atoms with Crippen molar-refractivity contribution in [3.05, 3.63) is 48.0 Å². The minimum atomic E-state index is 0.0706. The van der Waals surface area contributed by atoms with E-state index < -0.39 is 0 Å². The lowest BCUT2D eigenvalue weighted by Gasteiger charge is -2.19. The fraction of sp³-hybridized carbons (Fsp3) is 0.438. The number of hydrogen-bond donors (Lipinski definition) is 0. The van der Waals surface area contributed by atoms with Crippen molar-refractivity contribution in [2.45, 2.75) is 45.1 Å². The summed E-state index contributed by atoms with van der Waals surface area (Å²) in [6, 6.07) is 10.6. The van der Waals surface area contributed by atoms with Gasteiger partial charge in [-0.1, -0.05) is 56.3 Å². The van der Waals surface area contributed by atoms with Gasteiger partial charge >= 0.3 is 0 Å². The zero-order valence-electron chi connectivity index (χ0n) is 10.8. The highest BCUT2D eigenvalue weighted by Crippen LogP contribution is 2.32. The van der Waals surface area contributed by atoms with Crippen molar-refractivity contribution in [2.75, 3.05) is 0 Å². The van der Waals surface area contributed by atoms with Gasteiger partial charge < -0.3 is 0 Å². The molecule has 0 radical (unpaired) electrons. The molecule has 90 valence electrons. The predicted octanol–water partition coefficient (Wildman–Crippen LogP) is 4.38. The van der Waals surface area contributed by atoms with Crippen LogP contribution in [0.25, 0.3) is 0 Å². The van der Waals surface area contributed by atoms with Gasteiger partial charge in [-0.05, 0) is 31.2 Å². The summed E-state index contributed by atoms with van der Waals surface area (Å²) < 4.78 is 0. The van der Waals surface area contributed by atoms with Crippen molar-refractivity contribution in [3.8, 4) is 0 Å². The first-order chi connectivity index (χ1) is 8.29. The molecule has 0 aliphatic carbocycles. The molecule has 0 amide bonds. The van der Waals surface area contributed by atoms with Gasteiger partial charge in [0, 0.05) is 5.71 Å². The average Bonchev–Trinajstić information content (AvgIpc) is 2.83. The Kier molecular flexibility index (Phi) is 3.78. The molecule has 1 unspecified atom stereocenters. The Labute approximate surface area is 104 Å². The third-order valence-electron chi connectivity index (χ3n) is 3.54. The second-order valence-corrected chi connectivity index (χ2v) is 4.69. The lowest BCUT2D eigenvalue weighted by molar-refractivity contribution is 0.511. The van der Waals surface area contributed by atoms with Gasteiger partial charge in [0.05, 0.1) is 5.54 Å². The van der Waals surface area contributed by atoms with E-state index in [1.807, 2.05) is 0 Å². The summed E-state index contributed by atoms with van der Waals surface area (Å²) in [5.74, 6) is 0. The van der Waals surface area contributed by atoms with Crippen molar-refractivity contribution >= 4 is 5.71 Å². The summed E-state index contributed by atoms with van der Waals surface area (Å²) >= 11 is 0. The first-order valence-electron chi connectivity index (χ1n) is 6.61. The molecule has 17 heavy (non-hydrogen) atoms. The summed E-state index contributed by atoms with van der Waals surface area (Å²) in [4.78, 5) is 4.98. The van der Waals surface area contributed by atoms with E-state index in [9.17, 15) is 0 Å². The molecule has 0 bridgehead atoms. The van der Waals surface area contributed by atoms with Crippen molar-refractivity contribution in [3.63, 3.8) is 0 Å². The molecule has 0 fully saturated rings. The van der Waals surface area contributed by atoms with E-state index in [4.69, 9.17) is 4.99 Å². The summed E-state index contributed by atoms with van der Waals surface area (Å²) in [6.45, 7) is 4.41. The third kappa shape index (κ3) is 2.66. The van der Waals surface area contributed by atoms with Crippen molar-refractivity contribution in [2.24, 2.45) is 4.99 Å². The fourth-order valence-electron chi connectivity index (χ4n) is 2.39. The van der Waals surface area contributed by atoms with Crippen LogP contribution in [-0.4, -0.2) is 11.3 Å². The lowest BCUT2D eigenvalue weighted by atomic mass is 9.92. The second kappa shape index (κ2) is 5.31. The summed E-state index contributed by atoms with van der Waals surface area (Å²) in [5.41, 5.74) is 2.63. The molecule has 0 N–H and O–H groups in total. The van der Waals surface area contributed by atoms with Gasteiger partial charge in [0.1, 0.15) is 0 Å².